The first-order valence-corrected chi connectivity index (χ1v) is 9.50. The van der Waals surface area contributed by atoms with Crippen molar-refractivity contribution in [2.45, 2.75) is 20.0 Å². The Labute approximate surface area is 159 Å². The van der Waals surface area contributed by atoms with Gasteiger partial charge in [0.25, 0.3) is 5.91 Å². The second-order valence-electron chi connectivity index (χ2n) is 6.67. The molecule has 1 atom stereocenters. The van der Waals surface area contributed by atoms with Gasteiger partial charge in [0, 0.05) is 22.8 Å². The fraction of sp³-hybridized carbons (Fsp3) is 0.150. The Morgan fingerprint density at radius 2 is 1.96 bits per heavy atom. The second-order valence-corrected chi connectivity index (χ2v) is 7.67. The highest BCUT2D eigenvalue weighted by molar-refractivity contribution is 7.21. The maximum absolute atomic E-state index is 12.7. The maximum Gasteiger partial charge on any atom is 0.265 e. The van der Waals surface area contributed by atoms with Gasteiger partial charge in [-0.3, -0.25) is 4.79 Å². The van der Waals surface area contributed by atoms with Crippen molar-refractivity contribution in [3.8, 4) is 5.69 Å². The van der Waals surface area contributed by atoms with Crippen LogP contribution in [0.2, 0.25) is 0 Å². The molecule has 4 aromatic rings. The molecule has 0 radical (unpaired) electrons. The number of para-hydroxylation sites is 1. The predicted octanol–water partition coefficient (Wildman–Crippen LogP) is 3.95. The number of hydrogen-bond acceptors (Lipinski definition) is 5. The molecule has 0 aliphatic carbocycles. The minimum absolute atomic E-state index is 0.0822. The van der Waals surface area contributed by atoms with Crippen molar-refractivity contribution in [2.24, 2.45) is 0 Å². The van der Waals surface area contributed by atoms with Crippen LogP contribution in [0, 0.1) is 13.8 Å². The van der Waals surface area contributed by atoms with Crippen molar-refractivity contribution in [1.82, 2.24) is 20.1 Å². The van der Waals surface area contributed by atoms with E-state index in [1.807, 2.05) is 49.5 Å². The van der Waals surface area contributed by atoms with E-state index >= 15 is 0 Å². The van der Waals surface area contributed by atoms with Crippen LogP contribution < -0.4 is 10.6 Å². The van der Waals surface area contributed by atoms with Crippen LogP contribution in [0.4, 0.5) is 5.69 Å². The Morgan fingerprint density at radius 3 is 2.78 bits per heavy atom. The molecule has 7 heteroatoms. The van der Waals surface area contributed by atoms with E-state index in [2.05, 4.69) is 27.6 Å². The van der Waals surface area contributed by atoms with Crippen molar-refractivity contribution in [3.63, 3.8) is 0 Å². The molecule has 1 aliphatic heterocycles. The first kappa shape index (κ1) is 16.0. The molecule has 0 spiro atoms. The first-order valence-electron chi connectivity index (χ1n) is 8.68. The Balaban J connectivity index is 1.55. The number of nitrogens with zero attached hydrogens (tertiary/aromatic N) is 3. The first-order chi connectivity index (χ1) is 13.1. The smallest absolute Gasteiger partial charge is 0.265 e. The molecule has 1 amide bonds. The number of aryl methyl sites for hydroxylation is 2. The summed E-state index contributed by atoms with van der Waals surface area (Å²) in [6, 6.07) is 11.9. The van der Waals surface area contributed by atoms with Crippen LogP contribution in [0.1, 0.15) is 32.7 Å². The standard InChI is InChI=1S/C20H17N5OS/c1-11-8-12(2)22-20-15(11)16-17(27-20)19(26)24-18(23-16)13-9-21-25(10-13)14-6-4-3-5-7-14/h3-10,18,23H,1-2H3,(H,24,26)/t18-/m0/s1. The molecule has 134 valence electrons. The van der Waals surface area contributed by atoms with Gasteiger partial charge in [0.15, 0.2) is 0 Å². The zero-order chi connectivity index (χ0) is 18.5. The molecule has 5 rings (SSSR count). The van der Waals surface area contributed by atoms with E-state index in [4.69, 9.17) is 0 Å². The summed E-state index contributed by atoms with van der Waals surface area (Å²) in [5, 5.41) is 12.0. The third-order valence-corrected chi connectivity index (χ3v) is 5.80. The molecule has 6 nitrogen and oxygen atoms in total. The van der Waals surface area contributed by atoms with E-state index in [1.54, 1.807) is 10.9 Å². The van der Waals surface area contributed by atoms with Crippen molar-refractivity contribution in [1.29, 1.82) is 0 Å². The fourth-order valence-electron chi connectivity index (χ4n) is 3.49. The molecule has 2 N–H and O–H groups in total. The van der Waals surface area contributed by atoms with Crippen LogP contribution >= 0.6 is 11.3 Å². The minimum atomic E-state index is -0.332. The van der Waals surface area contributed by atoms with Gasteiger partial charge in [-0.05, 0) is 37.6 Å². The van der Waals surface area contributed by atoms with E-state index < -0.39 is 0 Å². The summed E-state index contributed by atoms with van der Waals surface area (Å²) in [6.07, 6.45) is 3.38. The molecule has 4 heterocycles. The SMILES string of the molecule is Cc1cc(C)c2c3c(sc2n1)C(=O)N[C@@H](c1cnn(-c2ccccc2)c1)N3. The number of anilines is 1. The molecule has 3 aromatic heterocycles. The van der Waals surface area contributed by atoms with Gasteiger partial charge in [0.1, 0.15) is 15.9 Å². The number of carbonyl (C=O) groups is 1. The van der Waals surface area contributed by atoms with Crippen molar-refractivity contribution < 1.29 is 4.79 Å². The van der Waals surface area contributed by atoms with E-state index in [-0.39, 0.29) is 12.1 Å². The van der Waals surface area contributed by atoms with Crippen molar-refractivity contribution in [3.05, 3.63) is 70.5 Å². The molecule has 0 fully saturated rings. The van der Waals surface area contributed by atoms with E-state index in [0.29, 0.717) is 4.88 Å². The summed E-state index contributed by atoms with van der Waals surface area (Å²) < 4.78 is 1.81. The van der Waals surface area contributed by atoms with Gasteiger partial charge in [-0.1, -0.05) is 18.2 Å². The summed E-state index contributed by atoms with van der Waals surface area (Å²) in [5.41, 5.74) is 4.81. The summed E-state index contributed by atoms with van der Waals surface area (Å²) in [7, 11) is 0. The predicted molar refractivity (Wildman–Crippen MR) is 106 cm³/mol. The molecular weight excluding hydrogens is 358 g/mol. The van der Waals surface area contributed by atoms with E-state index in [9.17, 15) is 4.79 Å². The van der Waals surface area contributed by atoms with Crippen LogP contribution in [-0.2, 0) is 0 Å². The van der Waals surface area contributed by atoms with Gasteiger partial charge in [0.2, 0.25) is 0 Å². The monoisotopic (exact) mass is 375 g/mol. The topological polar surface area (TPSA) is 71.8 Å². The zero-order valence-corrected chi connectivity index (χ0v) is 15.7. The van der Waals surface area contributed by atoms with Gasteiger partial charge >= 0.3 is 0 Å². The molecule has 27 heavy (non-hydrogen) atoms. The Bertz CT molecular complexity index is 1180. The largest absolute Gasteiger partial charge is 0.360 e. The number of fused-ring (bicyclic) bond motifs is 3. The number of aromatic nitrogens is 3. The summed E-state index contributed by atoms with van der Waals surface area (Å²) in [6.45, 7) is 4.03. The van der Waals surface area contributed by atoms with E-state index in [0.717, 1.165) is 38.4 Å². The molecule has 0 unspecified atom stereocenters. The van der Waals surface area contributed by atoms with Crippen molar-refractivity contribution in [2.75, 3.05) is 5.32 Å². The Kier molecular flexibility index (Phi) is 3.51. The van der Waals surface area contributed by atoms with Crippen molar-refractivity contribution >= 4 is 33.1 Å². The zero-order valence-electron chi connectivity index (χ0n) is 14.9. The second kappa shape index (κ2) is 5.92. The highest BCUT2D eigenvalue weighted by Crippen LogP contribution is 2.40. The normalized spacial score (nSPS) is 16.1. The van der Waals surface area contributed by atoms with Crippen LogP contribution in [-0.4, -0.2) is 20.7 Å². The maximum atomic E-state index is 12.7. The molecule has 0 bridgehead atoms. The number of pyridine rings is 1. The highest BCUT2D eigenvalue weighted by Gasteiger charge is 2.30. The number of carbonyl (C=O) groups excluding carboxylic acids is 1. The summed E-state index contributed by atoms with van der Waals surface area (Å²) in [5.74, 6) is -0.0822. The average molecular weight is 375 g/mol. The fourth-order valence-corrected chi connectivity index (χ4v) is 4.65. The lowest BCUT2D eigenvalue weighted by Gasteiger charge is -2.25. The minimum Gasteiger partial charge on any atom is -0.360 e. The number of nitrogens with one attached hydrogen (secondary N) is 2. The number of rotatable bonds is 2. The van der Waals surface area contributed by atoms with Gasteiger partial charge in [-0.15, -0.1) is 11.3 Å². The number of hydrogen-bond donors (Lipinski definition) is 2. The Morgan fingerprint density at radius 1 is 1.15 bits per heavy atom. The quantitative estimate of drug-likeness (QED) is 0.556. The Hall–Kier alpha value is -3.19. The van der Waals surface area contributed by atoms with E-state index in [1.165, 1.54) is 11.3 Å². The number of benzene rings is 1. The molecular formula is C20H17N5OS. The molecule has 1 aromatic carbocycles. The van der Waals surface area contributed by atoms with Gasteiger partial charge in [-0.2, -0.15) is 5.10 Å². The lowest BCUT2D eigenvalue weighted by atomic mass is 10.1. The van der Waals surface area contributed by atoms with Crippen LogP contribution in [0.15, 0.2) is 48.8 Å². The van der Waals surface area contributed by atoms with Crippen LogP contribution in [0.25, 0.3) is 15.9 Å². The summed E-state index contributed by atoms with van der Waals surface area (Å²) in [4.78, 5) is 18.9. The lowest BCUT2D eigenvalue weighted by molar-refractivity contribution is 0.0940. The van der Waals surface area contributed by atoms with Gasteiger partial charge in [0.05, 0.1) is 17.6 Å². The van der Waals surface area contributed by atoms with Gasteiger partial charge in [-0.25, -0.2) is 9.67 Å². The third-order valence-electron chi connectivity index (χ3n) is 4.71. The highest BCUT2D eigenvalue weighted by atomic mass is 32.1. The summed E-state index contributed by atoms with van der Waals surface area (Å²) >= 11 is 1.43. The average Bonchev–Trinajstić information content (AvgIpc) is 3.27. The number of thiophene rings is 1. The third kappa shape index (κ3) is 2.59. The lowest BCUT2D eigenvalue weighted by Crippen LogP contribution is -2.37. The molecule has 0 saturated carbocycles. The molecule has 0 saturated heterocycles. The van der Waals surface area contributed by atoms with Crippen LogP contribution in [0.3, 0.4) is 0 Å². The number of amides is 1. The molecule has 1 aliphatic rings. The van der Waals surface area contributed by atoms with Crippen LogP contribution in [0.5, 0.6) is 0 Å². The van der Waals surface area contributed by atoms with Gasteiger partial charge < -0.3 is 10.6 Å².